The van der Waals surface area contributed by atoms with Gasteiger partial charge in [-0.25, -0.2) is 4.39 Å². The number of halogens is 1. The number of aliphatic imine (C=N–C) groups is 1. The summed E-state index contributed by atoms with van der Waals surface area (Å²) in [6.45, 7) is 1.37. The lowest BCUT2D eigenvalue weighted by Gasteiger charge is -2.11. The van der Waals surface area contributed by atoms with E-state index in [4.69, 9.17) is 17.0 Å². The first-order valence-corrected chi connectivity index (χ1v) is 8.37. The Bertz CT molecular complexity index is 883. The van der Waals surface area contributed by atoms with Gasteiger partial charge in [0.05, 0.1) is 19.2 Å². The number of hydrogen-bond donors (Lipinski definition) is 2. The minimum atomic E-state index is -0.506. The van der Waals surface area contributed by atoms with Crippen molar-refractivity contribution in [2.24, 2.45) is 4.99 Å². The van der Waals surface area contributed by atoms with Crippen molar-refractivity contribution >= 4 is 18.4 Å². The van der Waals surface area contributed by atoms with Gasteiger partial charge < -0.3 is 9.84 Å². The van der Waals surface area contributed by atoms with Gasteiger partial charge in [0.2, 0.25) is 5.88 Å². The summed E-state index contributed by atoms with van der Waals surface area (Å²) in [7, 11) is 0. The normalized spacial score (nSPS) is 17.4. The lowest BCUT2D eigenvalue weighted by molar-refractivity contribution is 0.118. The molecule has 1 aliphatic rings. The Labute approximate surface area is 148 Å². The molecule has 2 N–H and O–H groups in total. The quantitative estimate of drug-likeness (QED) is 0.631. The maximum Gasteiger partial charge on any atom is 0.264 e. The van der Waals surface area contributed by atoms with Crippen LogP contribution in [0.1, 0.15) is 24.0 Å². The van der Waals surface area contributed by atoms with E-state index in [0.29, 0.717) is 6.54 Å². The van der Waals surface area contributed by atoms with Crippen LogP contribution in [-0.2, 0) is 11.3 Å². The number of H-pyrrole nitrogens is 1. The maximum absolute atomic E-state index is 13.0. The Kier molecular flexibility index (Phi) is 5.40. The van der Waals surface area contributed by atoms with E-state index in [0.717, 1.165) is 25.0 Å². The molecule has 0 spiro atoms. The Morgan fingerprint density at radius 1 is 1.44 bits per heavy atom. The average Bonchev–Trinajstić information content (AvgIpc) is 3.09. The smallest absolute Gasteiger partial charge is 0.264 e. The molecule has 0 radical (unpaired) electrons. The summed E-state index contributed by atoms with van der Waals surface area (Å²) < 4.78 is 19.9. The summed E-state index contributed by atoms with van der Waals surface area (Å²) in [6.07, 6.45) is 3.34. The predicted octanol–water partition coefficient (Wildman–Crippen LogP) is 2.40. The minimum Gasteiger partial charge on any atom is -0.494 e. The highest BCUT2D eigenvalue weighted by Crippen LogP contribution is 2.16. The van der Waals surface area contributed by atoms with Crippen LogP contribution in [0.15, 0.2) is 34.1 Å². The van der Waals surface area contributed by atoms with Crippen LogP contribution >= 0.6 is 12.2 Å². The zero-order valence-corrected chi connectivity index (χ0v) is 14.3. The van der Waals surface area contributed by atoms with E-state index in [-0.39, 0.29) is 34.7 Å². The van der Waals surface area contributed by atoms with Gasteiger partial charge in [-0.05, 0) is 42.8 Å². The molecule has 0 saturated carbocycles. The highest BCUT2D eigenvalue weighted by Gasteiger charge is 2.15. The largest absolute Gasteiger partial charge is 0.494 e. The highest BCUT2D eigenvalue weighted by atomic mass is 32.1. The van der Waals surface area contributed by atoms with Crippen molar-refractivity contribution in [3.63, 3.8) is 0 Å². The third kappa shape index (κ3) is 4.21. The van der Waals surface area contributed by atoms with Crippen LogP contribution in [0, 0.1) is 10.6 Å². The fourth-order valence-electron chi connectivity index (χ4n) is 2.66. The molecule has 1 atom stereocenters. The maximum atomic E-state index is 13.0. The van der Waals surface area contributed by atoms with E-state index >= 15 is 0 Å². The molecule has 2 heterocycles. The zero-order valence-electron chi connectivity index (χ0n) is 13.4. The minimum absolute atomic E-state index is 0.0358. The van der Waals surface area contributed by atoms with E-state index in [9.17, 15) is 14.3 Å². The van der Waals surface area contributed by atoms with Crippen LogP contribution in [0.3, 0.4) is 0 Å². The molecule has 132 valence electrons. The van der Waals surface area contributed by atoms with Crippen molar-refractivity contribution < 1.29 is 14.2 Å². The van der Waals surface area contributed by atoms with Gasteiger partial charge >= 0.3 is 0 Å². The van der Waals surface area contributed by atoms with E-state index in [1.54, 1.807) is 12.1 Å². The first-order chi connectivity index (χ1) is 12.0. The molecule has 2 aromatic rings. The van der Waals surface area contributed by atoms with Gasteiger partial charge in [0.15, 0.2) is 4.77 Å². The summed E-state index contributed by atoms with van der Waals surface area (Å²) in [5.41, 5.74) is 0.268. The van der Waals surface area contributed by atoms with Gasteiger partial charge in [0.1, 0.15) is 11.4 Å². The Balaban J connectivity index is 1.86. The number of benzene rings is 1. The second-order valence-electron chi connectivity index (χ2n) is 5.84. The van der Waals surface area contributed by atoms with Crippen LogP contribution in [0.2, 0.25) is 0 Å². The molecule has 0 bridgehead atoms. The molecule has 1 fully saturated rings. The first-order valence-electron chi connectivity index (χ1n) is 7.96. The number of hydrogen-bond acceptors (Lipinski definition) is 5. The zero-order chi connectivity index (χ0) is 17.8. The fraction of sp³-hybridized carbons (Fsp3) is 0.353. The summed E-state index contributed by atoms with van der Waals surface area (Å²) in [5.74, 6) is -0.617. The highest BCUT2D eigenvalue weighted by molar-refractivity contribution is 7.71. The number of aromatic nitrogens is 2. The molecule has 6 nitrogen and oxygen atoms in total. The van der Waals surface area contributed by atoms with E-state index in [1.165, 1.54) is 22.9 Å². The Morgan fingerprint density at radius 3 is 2.88 bits per heavy atom. The van der Waals surface area contributed by atoms with Gasteiger partial charge in [-0.2, -0.15) is 0 Å². The molecule has 3 rings (SSSR count). The number of rotatable bonds is 5. The molecule has 25 heavy (non-hydrogen) atoms. The van der Waals surface area contributed by atoms with E-state index in [1.807, 2.05) is 0 Å². The van der Waals surface area contributed by atoms with Crippen LogP contribution in [0.25, 0.3) is 0 Å². The summed E-state index contributed by atoms with van der Waals surface area (Å²) in [4.78, 5) is 18.8. The average molecular weight is 363 g/mol. The Morgan fingerprint density at radius 2 is 2.20 bits per heavy atom. The van der Waals surface area contributed by atoms with Crippen LogP contribution < -0.4 is 5.56 Å². The summed E-state index contributed by atoms with van der Waals surface area (Å²) in [5, 5.41) is 10.4. The van der Waals surface area contributed by atoms with Gasteiger partial charge in [-0.3, -0.25) is 19.3 Å². The van der Waals surface area contributed by atoms with Crippen molar-refractivity contribution in [2.45, 2.75) is 25.5 Å². The predicted molar refractivity (Wildman–Crippen MR) is 94.5 cm³/mol. The molecule has 1 saturated heterocycles. The van der Waals surface area contributed by atoms with Crippen molar-refractivity contribution in [3.8, 4) is 5.88 Å². The molecular weight excluding hydrogens is 345 g/mol. The van der Waals surface area contributed by atoms with Gasteiger partial charge in [0, 0.05) is 12.8 Å². The second-order valence-corrected chi connectivity index (χ2v) is 6.23. The number of aromatic hydroxyl groups is 1. The number of nitrogens with one attached hydrogen (secondary N) is 1. The number of nitrogens with zero attached hydrogens (tertiary/aromatic N) is 2. The van der Waals surface area contributed by atoms with Crippen molar-refractivity contribution in [2.75, 3.05) is 13.2 Å². The number of aromatic amines is 1. The molecule has 1 aliphatic heterocycles. The lowest BCUT2D eigenvalue weighted by atomic mass is 10.2. The molecular formula is C17H18FN3O3S. The van der Waals surface area contributed by atoms with Crippen LogP contribution in [0.5, 0.6) is 5.88 Å². The lowest BCUT2D eigenvalue weighted by Crippen LogP contribution is -2.19. The van der Waals surface area contributed by atoms with Crippen molar-refractivity contribution in [1.82, 2.24) is 9.55 Å². The SMILES string of the molecule is O=c1[nH]c(=S)n(Cc2ccc(F)cc2)c(O)c1C=NC[C@H]1CCCO1. The monoisotopic (exact) mass is 363 g/mol. The number of ether oxygens (including phenoxy) is 1. The molecule has 0 unspecified atom stereocenters. The second kappa shape index (κ2) is 7.71. The van der Waals surface area contributed by atoms with Crippen molar-refractivity contribution in [3.05, 3.63) is 56.3 Å². The summed E-state index contributed by atoms with van der Waals surface area (Å²) >= 11 is 5.12. The van der Waals surface area contributed by atoms with E-state index in [2.05, 4.69) is 9.98 Å². The van der Waals surface area contributed by atoms with Crippen LogP contribution in [-0.4, -0.2) is 40.1 Å². The third-order valence-corrected chi connectivity index (χ3v) is 4.34. The fourth-order valence-corrected chi connectivity index (χ4v) is 2.90. The van der Waals surface area contributed by atoms with E-state index < -0.39 is 5.56 Å². The van der Waals surface area contributed by atoms with Gasteiger partial charge in [0.25, 0.3) is 5.56 Å². The molecule has 1 aromatic heterocycles. The molecule has 1 aromatic carbocycles. The van der Waals surface area contributed by atoms with Gasteiger partial charge in [-0.1, -0.05) is 12.1 Å². The molecule has 8 heteroatoms. The Hall–Kier alpha value is -2.32. The van der Waals surface area contributed by atoms with Crippen LogP contribution in [0.4, 0.5) is 4.39 Å². The first kappa shape index (κ1) is 17.5. The summed E-state index contributed by atoms with van der Waals surface area (Å²) in [6, 6.07) is 5.83. The standard InChI is InChI=1S/C17H18FN3O3S/c18-12-5-3-11(4-6-12)10-21-16(23)14(15(22)20-17(21)25)9-19-8-13-2-1-7-24-13/h3-6,9,13,23H,1-2,7-8,10H2,(H,20,22,25)/t13-/m1/s1. The van der Waals surface area contributed by atoms with Crippen molar-refractivity contribution in [1.29, 1.82) is 0 Å². The molecule has 0 amide bonds. The molecule has 0 aliphatic carbocycles. The third-order valence-electron chi connectivity index (χ3n) is 4.01. The van der Waals surface area contributed by atoms with Gasteiger partial charge in [-0.15, -0.1) is 0 Å². The topological polar surface area (TPSA) is 79.6 Å².